The molecule has 0 aliphatic rings. The van der Waals surface area contributed by atoms with Gasteiger partial charge >= 0.3 is 0 Å². The molecule has 0 aliphatic heterocycles. The van der Waals surface area contributed by atoms with Crippen molar-refractivity contribution in [1.29, 1.82) is 0 Å². The van der Waals surface area contributed by atoms with Gasteiger partial charge in [-0.1, -0.05) is 17.9 Å². The van der Waals surface area contributed by atoms with Crippen molar-refractivity contribution in [3.05, 3.63) is 59.7 Å². The van der Waals surface area contributed by atoms with Gasteiger partial charge in [0.25, 0.3) is 5.91 Å². The Morgan fingerprint density at radius 3 is 2.86 bits per heavy atom. The lowest BCUT2D eigenvalue weighted by molar-refractivity contribution is 0.0939. The molecule has 0 saturated carbocycles. The van der Waals surface area contributed by atoms with Gasteiger partial charge in [0.05, 0.1) is 17.2 Å². The summed E-state index contributed by atoms with van der Waals surface area (Å²) in [5, 5.41) is 11.6. The third kappa shape index (κ3) is 3.88. The number of nitrogens with zero attached hydrogens (tertiary/aromatic N) is 2. The fourth-order valence-corrected chi connectivity index (χ4v) is 1.82. The fraction of sp³-hybridized carbons (Fsp3) is 0.188. The second-order valence-corrected chi connectivity index (χ2v) is 4.36. The van der Waals surface area contributed by atoms with Crippen molar-refractivity contribution in [2.75, 3.05) is 6.61 Å². The number of pyridine rings is 2. The molecule has 0 bridgehead atoms. The van der Waals surface area contributed by atoms with Crippen LogP contribution in [0.25, 0.3) is 0 Å². The van der Waals surface area contributed by atoms with Gasteiger partial charge in [-0.05, 0) is 24.6 Å². The SMILES string of the molecule is CC(NC(=O)c1ccncc1C#CCO)c1cccnc1. The van der Waals surface area contributed by atoms with E-state index in [1.807, 2.05) is 19.1 Å². The zero-order valence-corrected chi connectivity index (χ0v) is 11.6. The van der Waals surface area contributed by atoms with Crippen LogP contribution in [0.3, 0.4) is 0 Å². The third-order valence-electron chi connectivity index (χ3n) is 2.90. The molecule has 1 unspecified atom stereocenters. The Morgan fingerprint density at radius 2 is 2.14 bits per heavy atom. The van der Waals surface area contributed by atoms with Crippen molar-refractivity contribution in [1.82, 2.24) is 15.3 Å². The van der Waals surface area contributed by atoms with Crippen molar-refractivity contribution in [2.45, 2.75) is 13.0 Å². The minimum atomic E-state index is -0.262. The molecule has 5 nitrogen and oxygen atoms in total. The summed E-state index contributed by atoms with van der Waals surface area (Å²) >= 11 is 0. The third-order valence-corrected chi connectivity index (χ3v) is 2.90. The molecule has 0 aliphatic carbocycles. The average Bonchev–Trinajstić information content (AvgIpc) is 2.54. The summed E-state index contributed by atoms with van der Waals surface area (Å²) in [5.41, 5.74) is 1.84. The van der Waals surface area contributed by atoms with E-state index >= 15 is 0 Å². The zero-order chi connectivity index (χ0) is 15.1. The number of amides is 1. The Balaban J connectivity index is 2.17. The first-order valence-corrected chi connectivity index (χ1v) is 6.47. The van der Waals surface area contributed by atoms with Crippen molar-refractivity contribution < 1.29 is 9.90 Å². The number of hydrogen-bond donors (Lipinski definition) is 2. The molecule has 106 valence electrons. The standard InChI is InChI=1S/C16H15N3O2/c1-12(13-4-2-7-17-10-13)19-16(21)15-6-8-18-11-14(15)5-3-9-20/h2,4,6-8,10-12,20H,9H2,1H3,(H,19,21). The number of carbonyl (C=O) groups is 1. The van der Waals surface area contributed by atoms with Gasteiger partial charge in [-0.25, -0.2) is 0 Å². The average molecular weight is 281 g/mol. The van der Waals surface area contributed by atoms with Crippen LogP contribution < -0.4 is 5.32 Å². The molecule has 1 amide bonds. The van der Waals surface area contributed by atoms with E-state index in [-0.39, 0.29) is 18.6 Å². The maximum atomic E-state index is 12.3. The minimum Gasteiger partial charge on any atom is -0.384 e. The summed E-state index contributed by atoms with van der Waals surface area (Å²) in [6.07, 6.45) is 6.44. The Morgan fingerprint density at radius 1 is 1.33 bits per heavy atom. The van der Waals surface area contributed by atoms with E-state index < -0.39 is 0 Å². The molecule has 0 aromatic carbocycles. The minimum absolute atomic E-state index is 0.169. The molecule has 0 spiro atoms. The van der Waals surface area contributed by atoms with Gasteiger partial charge < -0.3 is 10.4 Å². The van der Waals surface area contributed by atoms with E-state index in [1.54, 1.807) is 18.5 Å². The first-order valence-electron chi connectivity index (χ1n) is 6.47. The first-order chi connectivity index (χ1) is 10.2. The quantitative estimate of drug-likeness (QED) is 0.832. The predicted molar refractivity (Wildman–Crippen MR) is 78.3 cm³/mol. The fourth-order valence-electron chi connectivity index (χ4n) is 1.82. The Hall–Kier alpha value is -2.71. The lowest BCUT2D eigenvalue weighted by Gasteiger charge is -2.14. The lowest BCUT2D eigenvalue weighted by atomic mass is 10.1. The van der Waals surface area contributed by atoms with Crippen LogP contribution in [0.5, 0.6) is 0 Å². The van der Waals surface area contributed by atoms with Crippen LogP contribution in [0.1, 0.15) is 34.5 Å². The molecule has 0 fully saturated rings. The highest BCUT2D eigenvalue weighted by Gasteiger charge is 2.14. The molecule has 2 rings (SSSR count). The Kier molecular flexibility index (Phi) is 5.02. The first kappa shape index (κ1) is 14.7. The van der Waals surface area contributed by atoms with E-state index in [0.717, 1.165) is 5.56 Å². The smallest absolute Gasteiger partial charge is 0.253 e. The van der Waals surface area contributed by atoms with E-state index in [9.17, 15) is 4.79 Å². The highest BCUT2D eigenvalue weighted by Crippen LogP contribution is 2.12. The summed E-state index contributed by atoms with van der Waals surface area (Å²) in [6.45, 7) is 1.62. The van der Waals surface area contributed by atoms with Crippen LogP contribution in [-0.2, 0) is 0 Å². The van der Waals surface area contributed by atoms with Gasteiger partial charge in [-0.15, -0.1) is 0 Å². The van der Waals surface area contributed by atoms with E-state index in [2.05, 4.69) is 27.1 Å². The summed E-state index contributed by atoms with van der Waals surface area (Å²) in [5.74, 6) is 5.00. The van der Waals surface area contributed by atoms with E-state index in [4.69, 9.17) is 5.11 Å². The highest BCUT2D eigenvalue weighted by atomic mass is 16.2. The van der Waals surface area contributed by atoms with Crippen LogP contribution >= 0.6 is 0 Å². The van der Waals surface area contributed by atoms with Crippen molar-refractivity contribution in [3.63, 3.8) is 0 Å². The topological polar surface area (TPSA) is 75.1 Å². The van der Waals surface area contributed by atoms with Crippen LogP contribution in [-0.4, -0.2) is 27.6 Å². The summed E-state index contributed by atoms with van der Waals surface area (Å²) in [6, 6.07) is 5.16. The van der Waals surface area contributed by atoms with Gasteiger partial charge in [-0.3, -0.25) is 14.8 Å². The van der Waals surface area contributed by atoms with Gasteiger partial charge in [0.1, 0.15) is 6.61 Å². The molecule has 2 N–H and O–H groups in total. The monoisotopic (exact) mass is 281 g/mol. The second kappa shape index (κ2) is 7.17. The normalized spacial score (nSPS) is 11.1. The number of nitrogens with one attached hydrogen (secondary N) is 1. The van der Waals surface area contributed by atoms with Crippen molar-refractivity contribution >= 4 is 5.91 Å². The van der Waals surface area contributed by atoms with Gasteiger partial charge in [0, 0.05) is 24.8 Å². The molecule has 0 radical (unpaired) electrons. The molecule has 2 heterocycles. The Bertz CT molecular complexity index is 675. The maximum Gasteiger partial charge on any atom is 0.253 e. The second-order valence-electron chi connectivity index (χ2n) is 4.36. The molecule has 21 heavy (non-hydrogen) atoms. The number of rotatable bonds is 3. The van der Waals surface area contributed by atoms with Gasteiger partial charge in [-0.2, -0.15) is 0 Å². The molecule has 2 aromatic heterocycles. The molecule has 2 aromatic rings. The largest absolute Gasteiger partial charge is 0.384 e. The number of aliphatic hydroxyl groups excluding tert-OH is 1. The molecular weight excluding hydrogens is 266 g/mol. The zero-order valence-electron chi connectivity index (χ0n) is 11.6. The number of aromatic nitrogens is 2. The van der Waals surface area contributed by atoms with Gasteiger partial charge in [0.15, 0.2) is 0 Å². The van der Waals surface area contributed by atoms with E-state index in [1.165, 1.54) is 12.4 Å². The summed E-state index contributed by atoms with van der Waals surface area (Å²) in [4.78, 5) is 20.3. The maximum absolute atomic E-state index is 12.3. The number of hydrogen-bond acceptors (Lipinski definition) is 4. The Labute approximate surface area is 123 Å². The van der Waals surface area contributed by atoms with Crippen LogP contribution in [0.4, 0.5) is 0 Å². The summed E-state index contributed by atoms with van der Waals surface area (Å²) < 4.78 is 0. The van der Waals surface area contributed by atoms with E-state index in [0.29, 0.717) is 11.1 Å². The van der Waals surface area contributed by atoms with Gasteiger partial charge in [0.2, 0.25) is 0 Å². The lowest BCUT2D eigenvalue weighted by Crippen LogP contribution is -2.27. The molecule has 1 atom stereocenters. The van der Waals surface area contributed by atoms with Crippen LogP contribution in [0.2, 0.25) is 0 Å². The number of carbonyl (C=O) groups excluding carboxylic acids is 1. The van der Waals surface area contributed by atoms with Crippen molar-refractivity contribution in [3.8, 4) is 11.8 Å². The highest BCUT2D eigenvalue weighted by molar-refractivity contribution is 5.96. The van der Waals surface area contributed by atoms with Crippen LogP contribution in [0, 0.1) is 11.8 Å². The summed E-state index contributed by atoms with van der Waals surface area (Å²) in [7, 11) is 0. The number of aliphatic hydroxyl groups is 1. The predicted octanol–water partition coefficient (Wildman–Crippen LogP) is 1.31. The van der Waals surface area contributed by atoms with Crippen molar-refractivity contribution in [2.24, 2.45) is 0 Å². The molecule has 0 saturated heterocycles. The molecular formula is C16H15N3O2. The molecule has 5 heteroatoms. The van der Waals surface area contributed by atoms with Crippen LogP contribution in [0.15, 0.2) is 43.0 Å².